The van der Waals surface area contributed by atoms with Gasteiger partial charge in [0.1, 0.15) is 0 Å². The van der Waals surface area contributed by atoms with Crippen molar-refractivity contribution in [3.63, 3.8) is 0 Å². The van der Waals surface area contributed by atoms with Crippen molar-refractivity contribution in [2.45, 2.75) is 26.1 Å². The summed E-state index contributed by atoms with van der Waals surface area (Å²) in [4.78, 5) is 11.9. The highest BCUT2D eigenvalue weighted by molar-refractivity contribution is 5.54. The van der Waals surface area contributed by atoms with Crippen LogP contribution in [0.1, 0.15) is 22.4 Å². The highest BCUT2D eigenvalue weighted by Gasteiger charge is 2.19. The molecule has 144 valence electrons. The second-order valence-electron chi connectivity index (χ2n) is 7.52. The molecule has 1 aliphatic heterocycles. The van der Waals surface area contributed by atoms with Gasteiger partial charge in [-0.3, -0.25) is 9.58 Å². The van der Waals surface area contributed by atoms with E-state index in [1.54, 1.807) is 0 Å². The van der Waals surface area contributed by atoms with Gasteiger partial charge in [0.15, 0.2) is 5.82 Å². The molecule has 29 heavy (non-hydrogen) atoms. The number of rotatable bonds is 5. The second-order valence-corrected chi connectivity index (χ2v) is 7.52. The van der Waals surface area contributed by atoms with E-state index in [2.05, 4.69) is 57.6 Å². The molecule has 5 nitrogen and oxygen atoms in total. The zero-order chi connectivity index (χ0) is 19.5. The first-order chi connectivity index (χ1) is 14.3. The summed E-state index contributed by atoms with van der Waals surface area (Å²) in [6, 6.07) is 20.6. The van der Waals surface area contributed by atoms with Crippen LogP contribution < -0.4 is 0 Å². The molecule has 0 unspecified atom stereocenters. The SMILES string of the molecule is c1ccc(Cn2cc(CN3CCc4nc(-c5ccccc5)ncc4C3)cn2)cc1. The molecule has 0 saturated heterocycles. The van der Waals surface area contributed by atoms with Gasteiger partial charge in [0, 0.05) is 55.1 Å². The van der Waals surface area contributed by atoms with Crippen LogP contribution in [0.2, 0.25) is 0 Å². The minimum Gasteiger partial charge on any atom is -0.294 e. The monoisotopic (exact) mass is 381 g/mol. The molecule has 3 heterocycles. The Morgan fingerprint density at radius 2 is 1.62 bits per heavy atom. The molecule has 2 aromatic heterocycles. The Hall–Kier alpha value is -3.31. The Morgan fingerprint density at radius 1 is 0.828 bits per heavy atom. The molecule has 5 rings (SSSR count). The summed E-state index contributed by atoms with van der Waals surface area (Å²) >= 11 is 0. The molecule has 2 aromatic carbocycles. The Balaban J connectivity index is 1.25. The third kappa shape index (κ3) is 4.10. The molecule has 5 heteroatoms. The van der Waals surface area contributed by atoms with Crippen LogP contribution in [-0.4, -0.2) is 31.2 Å². The predicted octanol–water partition coefficient (Wildman–Crippen LogP) is 3.95. The van der Waals surface area contributed by atoms with Gasteiger partial charge in [-0.1, -0.05) is 60.7 Å². The number of nitrogens with zero attached hydrogens (tertiary/aromatic N) is 5. The third-order valence-electron chi connectivity index (χ3n) is 5.33. The number of hydrogen-bond donors (Lipinski definition) is 0. The average Bonchev–Trinajstić information content (AvgIpc) is 3.21. The smallest absolute Gasteiger partial charge is 0.159 e. The van der Waals surface area contributed by atoms with Gasteiger partial charge in [-0.05, 0) is 5.56 Å². The summed E-state index contributed by atoms with van der Waals surface area (Å²) in [5, 5.41) is 4.53. The normalized spacial score (nSPS) is 13.9. The van der Waals surface area contributed by atoms with Gasteiger partial charge < -0.3 is 0 Å². The molecule has 1 aliphatic rings. The van der Waals surface area contributed by atoms with Gasteiger partial charge >= 0.3 is 0 Å². The predicted molar refractivity (Wildman–Crippen MR) is 113 cm³/mol. The van der Waals surface area contributed by atoms with E-state index in [4.69, 9.17) is 4.98 Å². The summed E-state index contributed by atoms with van der Waals surface area (Å²) in [7, 11) is 0. The van der Waals surface area contributed by atoms with E-state index in [9.17, 15) is 0 Å². The van der Waals surface area contributed by atoms with Crippen LogP contribution in [0, 0.1) is 0 Å². The molecule has 0 amide bonds. The maximum absolute atomic E-state index is 4.82. The summed E-state index contributed by atoms with van der Waals surface area (Å²) in [5.74, 6) is 0.819. The lowest BCUT2D eigenvalue weighted by molar-refractivity contribution is 0.243. The molecule has 0 saturated carbocycles. The van der Waals surface area contributed by atoms with Crippen LogP contribution in [0.3, 0.4) is 0 Å². The van der Waals surface area contributed by atoms with Crippen LogP contribution in [0.5, 0.6) is 0 Å². The van der Waals surface area contributed by atoms with Gasteiger partial charge in [-0.25, -0.2) is 9.97 Å². The first kappa shape index (κ1) is 17.8. The second kappa shape index (κ2) is 7.97. The van der Waals surface area contributed by atoms with E-state index in [-0.39, 0.29) is 0 Å². The maximum Gasteiger partial charge on any atom is 0.159 e. The summed E-state index contributed by atoms with van der Waals surface area (Å²) in [6.07, 6.45) is 7.08. The number of aromatic nitrogens is 4. The van der Waals surface area contributed by atoms with Crippen LogP contribution in [0.15, 0.2) is 79.3 Å². The van der Waals surface area contributed by atoms with Crippen LogP contribution in [-0.2, 0) is 26.1 Å². The van der Waals surface area contributed by atoms with Crippen molar-refractivity contribution in [2.24, 2.45) is 0 Å². The Labute approximate surface area is 170 Å². The van der Waals surface area contributed by atoms with Gasteiger partial charge in [0.2, 0.25) is 0 Å². The van der Waals surface area contributed by atoms with E-state index in [0.717, 1.165) is 44.0 Å². The lowest BCUT2D eigenvalue weighted by atomic mass is 10.1. The van der Waals surface area contributed by atoms with Crippen molar-refractivity contribution in [3.8, 4) is 11.4 Å². The van der Waals surface area contributed by atoms with Crippen LogP contribution in [0.4, 0.5) is 0 Å². The van der Waals surface area contributed by atoms with Crippen molar-refractivity contribution in [2.75, 3.05) is 6.54 Å². The molecule has 0 atom stereocenters. The van der Waals surface area contributed by atoms with Gasteiger partial charge in [0.05, 0.1) is 18.4 Å². The topological polar surface area (TPSA) is 46.8 Å². The quantitative estimate of drug-likeness (QED) is 0.525. The average molecular weight is 381 g/mol. The number of benzene rings is 2. The van der Waals surface area contributed by atoms with E-state index in [1.807, 2.05) is 41.3 Å². The highest BCUT2D eigenvalue weighted by Crippen LogP contribution is 2.22. The molecule has 0 spiro atoms. The number of hydrogen-bond acceptors (Lipinski definition) is 4. The molecular weight excluding hydrogens is 358 g/mol. The third-order valence-corrected chi connectivity index (χ3v) is 5.33. The summed E-state index contributed by atoms with van der Waals surface area (Å²) in [6.45, 7) is 3.59. The molecular formula is C24H23N5. The molecule has 0 radical (unpaired) electrons. The Kier molecular flexibility index (Phi) is 4.88. The molecule has 0 bridgehead atoms. The largest absolute Gasteiger partial charge is 0.294 e. The van der Waals surface area contributed by atoms with E-state index < -0.39 is 0 Å². The van der Waals surface area contributed by atoms with Gasteiger partial charge in [-0.2, -0.15) is 5.10 Å². The molecule has 0 aliphatic carbocycles. The number of fused-ring (bicyclic) bond motifs is 1. The van der Waals surface area contributed by atoms with Gasteiger partial charge in [-0.15, -0.1) is 0 Å². The van der Waals surface area contributed by atoms with Crippen LogP contribution >= 0.6 is 0 Å². The fraction of sp³-hybridized carbons (Fsp3) is 0.208. The Bertz CT molecular complexity index is 1090. The highest BCUT2D eigenvalue weighted by atomic mass is 15.3. The molecule has 4 aromatic rings. The minimum atomic E-state index is 0.805. The molecule has 0 N–H and O–H groups in total. The van der Waals surface area contributed by atoms with Crippen LogP contribution in [0.25, 0.3) is 11.4 Å². The maximum atomic E-state index is 4.82. The fourth-order valence-corrected chi connectivity index (χ4v) is 3.84. The van der Waals surface area contributed by atoms with E-state index in [0.29, 0.717) is 0 Å². The first-order valence-electron chi connectivity index (χ1n) is 10.0. The first-order valence-corrected chi connectivity index (χ1v) is 10.0. The van der Waals surface area contributed by atoms with Crippen molar-refractivity contribution in [1.82, 2.24) is 24.6 Å². The summed E-state index contributed by atoms with van der Waals surface area (Å²) < 4.78 is 2.01. The minimum absolute atomic E-state index is 0.805. The standard InChI is InChI=1S/C24H23N5/c1-3-7-19(8-4-1)16-29-17-20(13-26-29)15-28-12-11-23-22(18-28)14-25-24(27-23)21-9-5-2-6-10-21/h1-10,13-14,17H,11-12,15-16,18H2. The lowest BCUT2D eigenvalue weighted by Gasteiger charge is -2.27. The van der Waals surface area contributed by atoms with E-state index >= 15 is 0 Å². The molecule has 0 fully saturated rings. The van der Waals surface area contributed by atoms with Crippen molar-refractivity contribution >= 4 is 0 Å². The Morgan fingerprint density at radius 3 is 2.45 bits per heavy atom. The van der Waals surface area contributed by atoms with E-state index in [1.165, 1.54) is 22.4 Å². The van der Waals surface area contributed by atoms with Crippen molar-refractivity contribution in [3.05, 3.63) is 102 Å². The zero-order valence-corrected chi connectivity index (χ0v) is 16.3. The van der Waals surface area contributed by atoms with Crippen molar-refractivity contribution < 1.29 is 0 Å². The van der Waals surface area contributed by atoms with Gasteiger partial charge in [0.25, 0.3) is 0 Å². The fourth-order valence-electron chi connectivity index (χ4n) is 3.84. The summed E-state index contributed by atoms with van der Waals surface area (Å²) in [5.41, 5.74) is 5.98. The zero-order valence-electron chi connectivity index (χ0n) is 16.3. The van der Waals surface area contributed by atoms with Crippen molar-refractivity contribution in [1.29, 1.82) is 0 Å². The lowest BCUT2D eigenvalue weighted by Crippen LogP contribution is -2.30.